The number of allylic oxidation sites excluding steroid dienone is 3. The highest BCUT2D eigenvalue weighted by atomic mass is 28.4. The predicted octanol–water partition coefficient (Wildman–Crippen LogP) is 4.10. The van der Waals surface area contributed by atoms with Crippen molar-refractivity contribution in [3.05, 3.63) is 97.6 Å². The third-order valence-corrected chi connectivity index (χ3v) is 10.9. The van der Waals surface area contributed by atoms with Crippen LogP contribution < -0.4 is 16.1 Å². The van der Waals surface area contributed by atoms with Crippen LogP contribution in [0.4, 0.5) is 5.82 Å². The molecule has 0 atom stereocenters. The third kappa shape index (κ3) is 4.71. The molecule has 0 aliphatic heterocycles. The summed E-state index contributed by atoms with van der Waals surface area (Å²) < 4.78 is 8.80. The highest BCUT2D eigenvalue weighted by molar-refractivity contribution is 6.99. The Morgan fingerprint density at radius 3 is 2.12 bits per heavy atom. The SMILES string of the molecule is CC(C)(C)[Si](OC/C=C/C=C\Cn1cnc2c(N)ncnc21)(c1ccccc1)c1ccccc1. The number of hydrogen-bond acceptors (Lipinski definition) is 5. The molecule has 0 spiro atoms. The van der Waals surface area contributed by atoms with Crippen LogP contribution in [0.5, 0.6) is 0 Å². The zero-order valence-corrected chi connectivity index (χ0v) is 20.9. The highest BCUT2D eigenvalue weighted by Crippen LogP contribution is 2.36. The van der Waals surface area contributed by atoms with Crippen LogP contribution in [0.3, 0.4) is 0 Å². The van der Waals surface area contributed by atoms with Gasteiger partial charge in [0.2, 0.25) is 0 Å². The zero-order chi connectivity index (χ0) is 24.0. The minimum Gasteiger partial charge on any atom is -0.404 e. The van der Waals surface area contributed by atoms with E-state index in [2.05, 4.69) is 109 Å². The van der Waals surface area contributed by atoms with E-state index in [0.29, 0.717) is 24.5 Å². The molecule has 0 bridgehead atoms. The monoisotopic (exact) mass is 469 g/mol. The van der Waals surface area contributed by atoms with E-state index in [9.17, 15) is 0 Å². The average molecular weight is 470 g/mol. The molecule has 0 radical (unpaired) electrons. The Hall–Kier alpha value is -3.55. The lowest BCUT2D eigenvalue weighted by atomic mass is 10.2. The van der Waals surface area contributed by atoms with Gasteiger partial charge in [0, 0.05) is 6.54 Å². The Kier molecular flexibility index (Phi) is 7.05. The minimum atomic E-state index is -2.51. The van der Waals surface area contributed by atoms with Crippen molar-refractivity contribution < 1.29 is 4.43 Å². The van der Waals surface area contributed by atoms with E-state index in [1.165, 1.54) is 16.7 Å². The molecule has 0 aliphatic rings. The average Bonchev–Trinajstić information content (AvgIpc) is 3.26. The lowest BCUT2D eigenvalue weighted by molar-refractivity contribution is 0.339. The molecule has 6 nitrogen and oxygen atoms in total. The first-order valence-corrected chi connectivity index (χ1v) is 13.3. The molecule has 2 heterocycles. The summed E-state index contributed by atoms with van der Waals surface area (Å²) in [6.45, 7) is 8.04. The van der Waals surface area contributed by atoms with Crippen LogP contribution in [-0.2, 0) is 11.0 Å². The number of fused-ring (bicyclic) bond motifs is 1. The number of nitrogens with zero attached hydrogens (tertiary/aromatic N) is 4. The van der Waals surface area contributed by atoms with Crippen molar-refractivity contribution in [1.82, 2.24) is 19.5 Å². The second-order valence-corrected chi connectivity index (χ2v) is 13.5. The smallest absolute Gasteiger partial charge is 0.261 e. The molecule has 2 aromatic heterocycles. The van der Waals surface area contributed by atoms with Crippen LogP contribution in [0.1, 0.15) is 20.8 Å². The quantitative estimate of drug-likeness (QED) is 0.310. The lowest BCUT2D eigenvalue weighted by Crippen LogP contribution is -2.66. The van der Waals surface area contributed by atoms with Gasteiger partial charge in [-0.1, -0.05) is 106 Å². The van der Waals surface area contributed by atoms with Crippen molar-refractivity contribution in [2.75, 3.05) is 12.3 Å². The Labute approximate surface area is 202 Å². The van der Waals surface area contributed by atoms with Crippen molar-refractivity contribution in [1.29, 1.82) is 0 Å². The molecule has 4 aromatic rings. The van der Waals surface area contributed by atoms with Crippen LogP contribution in [0.15, 0.2) is 97.6 Å². The van der Waals surface area contributed by atoms with Gasteiger partial charge in [-0.15, -0.1) is 0 Å². The number of nitrogens with two attached hydrogens (primary N) is 1. The van der Waals surface area contributed by atoms with E-state index in [1.54, 1.807) is 6.33 Å². The van der Waals surface area contributed by atoms with E-state index < -0.39 is 8.32 Å². The summed E-state index contributed by atoms with van der Waals surface area (Å²) in [6, 6.07) is 21.4. The third-order valence-electron chi connectivity index (χ3n) is 5.93. The van der Waals surface area contributed by atoms with Crippen molar-refractivity contribution in [2.45, 2.75) is 32.4 Å². The minimum absolute atomic E-state index is 0.0361. The van der Waals surface area contributed by atoms with Crippen molar-refractivity contribution in [2.24, 2.45) is 0 Å². The van der Waals surface area contributed by atoms with E-state index in [0.717, 1.165) is 5.65 Å². The number of anilines is 1. The van der Waals surface area contributed by atoms with Gasteiger partial charge in [0.25, 0.3) is 8.32 Å². The zero-order valence-electron chi connectivity index (χ0n) is 19.9. The molecule has 0 unspecified atom stereocenters. The van der Waals surface area contributed by atoms with Gasteiger partial charge in [0.1, 0.15) is 11.8 Å². The Morgan fingerprint density at radius 1 is 0.882 bits per heavy atom. The molecule has 7 heteroatoms. The van der Waals surface area contributed by atoms with Crippen molar-refractivity contribution >= 4 is 35.7 Å². The summed E-state index contributed by atoms with van der Waals surface area (Å²) in [5.74, 6) is 0.396. The molecule has 0 fully saturated rings. The van der Waals surface area contributed by atoms with Crippen LogP contribution in [-0.4, -0.2) is 34.4 Å². The van der Waals surface area contributed by atoms with Gasteiger partial charge in [-0.2, -0.15) is 0 Å². The summed E-state index contributed by atoms with van der Waals surface area (Å²) in [6.07, 6.45) is 11.4. The topological polar surface area (TPSA) is 78.9 Å². The van der Waals surface area contributed by atoms with Gasteiger partial charge in [-0.05, 0) is 15.4 Å². The lowest BCUT2D eigenvalue weighted by Gasteiger charge is -2.42. The second-order valence-electron chi connectivity index (χ2n) is 9.16. The van der Waals surface area contributed by atoms with Gasteiger partial charge < -0.3 is 14.7 Å². The first-order chi connectivity index (χ1) is 16.4. The molecule has 34 heavy (non-hydrogen) atoms. The summed E-state index contributed by atoms with van der Waals surface area (Å²) in [5, 5.41) is 2.53. The molecule has 0 aliphatic carbocycles. The predicted molar refractivity (Wildman–Crippen MR) is 142 cm³/mol. The van der Waals surface area contributed by atoms with Gasteiger partial charge in [-0.3, -0.25) is 0 Å². The standard InChI is InChI=1S/C27H31N5OSi/c1-27(2,3)34(22-14-8-6-9-15-22,23-16-10-7-11-17-23)33-19-13-5-4-12-18-32-21-31-24-25(28)29-20-30-26(24)32/h4-17,20-21H,18-19H2,1-3H3,(H2,28,29,30)/b12-4-,13-5+. The van der Waals surface area contributed by atoms with Gasteiger partial charge >= 0.3 is 0 Å². The second kappa shape index (κ2) is 10.2. The number of nitrogen functional groups attached to an aromatic ring is 1. The molecule has 0 amide bonds. The first-order valence-electron chi connectivity index (χ1n) is 11.4. The maximum absolute atomic E-state index is 6.86. The number of imidazole rings is 1. The molecule has 4 rings (SSSR count). The van der Waals surface area contributed by atoms with Crippen LogP contribution >= 0.6 is 0 Å². The summed E-state index contributed by atoms with van der Waals surface area (Å²) >= 11 is 0. The first kappa shape index (κ1) is 23.6. The summed E-state index contributed by atoms with van der Waals surface area (Å²) in [4.78, 5) is 12.6. The number of aromatic nitrogens is 4. The van der Waals surface area contributed by atoms with Crippen molar-refractivity contribution in [3.63, 3.8) is 0 Å². The normalized spacial score (nSPS) is 12.8. The van der Waals surface area contributed by atoms with E-state index >= 15 is 0 Å². The largest absolute Gasteiger partial charge is 0.404 e. The molecule has 2 aromatic carbocycles. The van der Waals surface area contributed by atoms with E-state index in [1.807, 2.05) is 16.7 Å². The molecular weight excluding hydrogens is 438 g/mol. The Balaban J connectivity index is 1.49. The highest BCUT2D eigenvalue weighted by Gasteiger charge is 2.49. The molecule has 2 N–H and O–H groups in total. The maximum atomic E-state index is 6.86. The summed E-state index contributed by atoms with van der Waals surface area (Å²) in [5.41, 5.74) is 7.22. The fourth-order valence-electron chi connectivity index (χ4n) is 4.35. The molecule has 0 saturated heterocycles. The number of rotatable bonds is 8. The van der Waals surface area contributed by atoms with Gasteiger partial charge in [0.05, 0.1) is 12.9 Å². The fourth-order valence-corrected chi connectivity index (χ4v) is 8.86. The van der Waals surface area contributed by atoms with E-state index in [4.69, 9.17) is 10.2 Å². The Bertz CT molecular complexity index is 1240. The van der Waals surface area contributed by atoms with Gasteiger partial charge in [-0.25, -0.2) is 15.0 Å². The Morgan fingerprint density at radius 2 is 1.50 bits per heavy atom. The van der Waals surface area contributed by atoms with Crippen LogP contribution in [0.2, 0.25) is 5.04 Å². The van der Waals surface area contributed by atoms with Crippen LogP contribution in [0.25, 0.3) is 11.2 Å². The number of benzene rings is 2. The molecule has 0 saturated carbocycles. The van der Waals surface area contributed by atoms with Crippen LogP contribution in [0, 0.1) is 0 Å². The summed E-state index contributed by atoms with van der Waals surface area (Å²) in [7, 11) is -2.51. The van der Waals surface area contributed by atoms with E-state index in [-0.39, 0.29) is 5.04 Å². The molecule has 174 valence electrons. The molecular formula is C27H31N5OSi. The van der Waals surface area contributed by atoms with Gasteiger partial charge in [0.15, 0.2) is 11.5 Å². The number of hydrogen-bond donors (Lipinski definition) is 1. The fraction of sp³-hybridized carbons (Fsp3) is 0.222. The maximum Gasteiger partial charge on any atom is 0.261 e. The van der Waals surface area contributed by atoms with Crippen molar-refractivity contribution in [3.8, 4) is 0 Å².